The third-order valence-corrected chi connectivity index (χ3v) is 11.7. The van der Waals surface area contributed by atoms with Crippen LogP contribution in [0.2, 0.25) is 5.02 Å². The fraction of sp³-hybridized carbons (Fsp3) is 0.344. The Kier molecular flexibility index (Phi) is 6.96. The number of benzene rings is 2. The second-order valence-electron chi connectivity index (χ2n) is 12.2. The lowest BCUT2D eigenvalue weighted by atomic mass is 9.56. The van der Waals surface area contributed by atoms with E-state index in [4.69, 9.17) is 34.8 Å². The fourth-order valence-electron chi connectivity index (χ4n) is 7.84. The maximum Gasteiger partial charge on any atom is 0.433 e. The zero-order valence-electron chi connectivity index (χ0n) is 24.6. The molecule has 2 aliphatic heterocycles. The number of fused-ring (bicyclic) bond motifs is 5. The molecule has 0 spiro atoms. The van der Waals surface area contributed by atoms with Crippen LogP contribution in [0.3, 0.4) is 0 Å². The Balaban J connectivity index is 1.38. The van der Waals surface area contributed by atoms with E-state index in [0.717, 1.165) is 16.0 Å². The molecule has 3 heterocycles. The summed E-state index contributed by atoms with van der Waals surface area (Å²) in [7, 11) is 2.46. The molecule has 2 aliphatic carbocycles. The highest BCUT2D eigenvalue weighted by atomic mass is 35.5. The summed E-state index contributed by atoms with van der Waals surface area (Å²) in [5.41, 5.74) is -0.591. The SMILES string of the molecule is CN1C(=O)[C@]2(Cl)C[C@@H]3C(=CC[C@@H]4C(=O)N(N(C)c5nc(C(F)(F)F)ccc5Cl)C(=O)[C@@H]43)[C@H](c3c(O)ccc4ccccc34)[C@]2(Cl)C1=O. The number of imide groups is 2. The van der Waals surface area contributed by atoms with Crippen molar-refractivity contribution in [3.05, 3.63) is 76.5 Å². The van der Waals surface area contributed by atoms with Crippen molar-refractivity contribution in [2.45, 2.75) is 34.7 Å². The average molecular weight is 708 g/mol. The highest BCUT2D eigenvalue weighted by Gasteiger charge is 2.76. The van der Waals surface area contributed by atoms with Crippen LogP contribution < -0.4 is 5.01 Å². The molecule has 7 rings (SSSR count). The smallest absolute Gasteiger partial charge is 0.433 e. The lowest BCUT2D eigenvalue weighted by Crippen LogP contribution is -2.60. The summed E-state index contributed by atoms with van der Waals surface area (Å²) >= 11 is 20.7. The number of alkyl halides is 5. The summed E-state index contributed by atoms with van der Waals surface area (Å²) in [5, 5.41) is 13.9. The van der Waals surface area contributed by atoms with Crippen LogP contribution in [0.15, 0.2) is 60.2 Å². The number of hydrogen-bond acceptors (Lipinski definition) is 7. The van der Waals surface area contributed by atoms with Crippen LogP contribution in [0.1, 0.15) is 30.0 Å². The van der Waals surface area contributed by atoms with E-state index in [0.29, 0.717) is 27.4 Å². The second kappa shape index (κ2) is 10.3. The number of hydrazine groups is 1. The van der Waals surface area contributed by atoms with Gasteiger partial charge in [-0.2, -0.15) is 18.2 Å². The zero-order valence-corrected chi connectivity index (χ0v) is 26.8. The van der Waals surface area contributed by atoms with Crippen molar-refractivity contribution >= 4 is 75.0 Å². The standard InChI is InChI=1S/C32H24Cl3F3N4O5/c1-40-28(46)30(34)13-18-16(24(31(30,35)29(40)47)23-15-6-4-3-5-14(15)7-11-20(23)43)8-9-17-22(18)27(45)42(26(17)44)41(2)25-19(33)10-12-21(39-25)32(36,37)38/h3-8,10-12,17-18,22,24,43H,9,13H2,1-2H3/t17-,18+,22-,24+,30+,31-/m0/s1. The zero-order chi connectivity index (χ0) is 34.0. The number of halogens is 6. The molecule has 3 fully saturated rings. The van der Waals surface area contributed by atoms with E-state index < -0.39 is 74.7 Å². The minimum Gasteiger partial charge on any atom is -0.508 e. The summed E-state index contributed by atoms with van der Waals surface area (Å²) in [5.74, 6) is -8.01. The molecule has 3 aromatic rings. The Labute approximate surface area is 280 Å². The number of aromatic nitrogens is 1. The van der Waals surface area contributed by atoms with Gasteiger partial charge in [0, 0.05) is 25.6 Å². The normalized spacial score (nSPS) is 30.4. The Morgan fingerprint density at radius 1 is 0.979 bits per heavy atom. The number of hydrogen-bond donors (Lipinski definition) is 1. The minimum atomic E-state index is -4.82. The predicted octanol–water partition coefficient (Wildman–Crippen LogP) is 5.65. The van der Waals surface area contributed by atoms with Gasteiger partial charge in [0.05, 0.1) is 16.9 Å². The first-order chi connectivity index (χ1) is 22.0. The summed E-state index contributed by atoms with van der Waals surface area (Å²) in [6.45, 7) is 0. The van der Waals surface area contributed by atoms with Gasteiger partial charge >= 0.3 is 6.18 Å². The molecule has 0 radical (unpaired) electrons. The van der Waals surface area contributed by atoms with Gasteiger partial charge in [0.1, 0.15) is 11.4 Å². The largest absolute Gasteiger partial charge is 0.508 e. The van der Waals surface area contributed by atoms with E-state index in [2.05, 4.69) is 4.98 Å². The first kappa shape index (κ1) is 31.7. The third-order valence-electron chi connectivity index (χ3n) is 9.95. The van der Waals surface area contributed by atoms with E-state index in [1.165, 1.54) is 20.2 Å². The van der Waals surface area contributed by atoms with Crippen LogP contribution in [-0.4, -0.2) is 67.5 Å². The number of anilines is 1. The van der Waals surface area contributed by atoms with E-state index >= 15 is 0 Å². The van der Waals surface area contributed by atoms with Crippen LogP contribution >= 0.6 is 34.8 Å². The van der Waals surface area contributed by atoms with Crippen LogP contribution in [0.5, 0.6) is 5.75 Å². The third kappa shape index (κ3) is 4.13. The number of carbonyl (C=O) groups is 4. The Bertz CT molecular complexity index is 1970. The van der Waals surface area contributed by atoms with Gasteiger partial charge in [-0.15, -0.1) is 23.2 Å². The number of nitrogens with zero attached hydrogens (tertiary/aromatic N) is 4. The van der Waals surface area contributed by atoms with Gasteiger partial charge in [-0.25, -0.2) is 4.98 Å². The van der Waals surface area contributed by atoms with Gasteiger partial charge in [-0.3, -0.25) is 29.1 Å². The summed E-state index contributed by atoms with van der Waals surface area (Å²) in [6, 6.07) is 11.8. The van der Waals surface area contributed by atoms with Crippen LogP contribution in [0, 0.1) is 17.8 Å². The number of phenolic OH excluding ortho intramolecular Hbond substituents is 1. The van der Waals surface area contributed by atoms with Gasteiger partial charge < -0.3 is 5.11 Å². The van der Waals surface area contributed by atoms with Crippen molar-refractivity contribution in [2.24, 2.45) is 17.8 Å². The van der Waals surface area contributed by atoms with Crippen molar-refractivity contribution in [3.63, 3.8) is 0 Å². The fourth-order valence-corrected chi connectivity index (χ4v) is 9.07. The molecule has 47 heavy (non-hydrogen) atoms. The molecule has 4 aliphatic rings. The molecule has 2 saturated heterocycles. The molecule has 1 saturated carbocycles. The van der Waals surface area contributed by atoms with E-state index in [9.17, 15) is 37.5 Å². The van der Waals surface area contributed by atoms with Crippen LogP contribution in [0.4, 0.5) is 19.0 Å². The maximum atomic E-state index is 14.3. The molecule has 2 aromatic carbocycles. The molecule has 244 valence electrons. The Morgan fingerprint density at radius 2 is 1.68 bits per heavy atom. The highest BCUT2D eigenvalue weighted by molar-refractivity contribution is 6.53. The molecule has 6 atom stereocenters. The number of carbonyl (C=O) groups excluding carboxylic acids is 4. The monoisotopic (exact) mass is 706 g/mol. The number of phenols is 1. The van der Waals surface area contributed by atoms with Crippen molar-refractivity contribution < 1.29 is 37.5 Å². The lowest BCUT2D eigenvalue weighted by Gasteiger charge is -2.51. The molecule has 1 N–H and O–H groups in total. The minimum absolute atomic E-state index is 0.00256. The lowest BCUT2D eigenvalue weighted by molar-refractivity contribution is -0.141. The Hall–Kier alpha value is -3.87. The average Bonchev–Trinajstić information content (AvgIpc) is 3.35. The number of aromatic hydroxyl groups is 1. The van der Waals surface area contributed by atoms with Crippen molar-refractivity contribution in [2.75, 3.05) is 19.1 Å². The van der Waals surface area contributed by atoms with Crippen molar-refractivity contribution in [1.82, 2.24) is 14.9 Å². The summed E-state index contributed by atoms with van der Waals surface area (Å²) in [4.78, 5) is 56.0. The molecular weight excluding hydrogens is 684 g/mol. The second-order valence-corrected chi connectivity index (χ2v) is 13.9. The first-order valence-electron chi connectivity index (χ1n) is 14.5. The highest BCUT2D eigenvalue weighted by Crippen LogP contribution is 2.66. The van der Waals surface area contributed by atoms with Crippen LogP contribution in [-0.2, 0) is 25.4 Å². The maximum absolute atomic E-state index is 14.3. The van der Waals surface area contributed by atoms with E-state index in [1.807, 2.05) is 0 Å². The number of allylic oxidation sites excluding steroid dienone is 2. The molecule has 15 heteroatoms. The summed E-state index contributed by atoms with van der Waals surface area (Å²) in [6.07, 6.45) is -3.44. The van der Waals surface area contributed by atoms with Crippen molar-refractivity contribution in [1.29, 1.82) is 0 Å². The molecule has 0 bridgehead atoms. The van der Waals surface area contributed by atoms with E-state index in [1.54, 1.807) is 36.4 Å². The first-order valence-corrected chi connectivity index (χ1v) is 15.6. The van der Waals surface area contributed by atoms with Crippen LogP contribution in [0.25, 0.3) is 10.8 Å². The summed E-state index contributed by atoms with van der Waals surface area (Å²) < 4.78 is 40.5. The molecule has 9 nitrogen and oxygen atoms in total. The topological polar surface area (TPSA) is 111 Å². The quantitative estimate of drug-likeness (QED) is 0.213. The Morgan fingerprint density at radius 3 is 2.38 bits per heavy atom. The van der Waals surface area contributed by atoms with Gasteiger partial charge in [-0.05, 0) is 47.7 Å². The molecule has 4 amide bonds. The number of rotatable bonds is 3. The number of pyridine rings is 1. The van der Waals surface area contributed by atoms with Crippen molar-refractivity contribution in [3.8, 4) is 5.75 Å². The van der Waals surface area contributed by atoms with Gasteiger partial charge in [0.25, 0.3) is 23.6 Å². The van der Waals surface area contributed by atoms with E-state index in [-0.39, 0.29) is 29.2 Å². The molecular formula is C32H24Cl3F3N4O5. The molecule has 0 unspecified atom stereocenters. The van der Waals surface area contributed by atoms with Gasteiger partial charge in [-0.1, -0.05) is 53.6 Å². The number of amides is 4. The predicted molar refractivity (Wildman–Crippen MR) is 166 cm³/mol. The number of likely N-dealkylation sites (tertiary alicyclic amines) is 1. The van der Waals surface area contributed by atoms with Gasteiger partial charge in [0.15, 0.2) is 15.6 Å². The van der Waals surface area contributed by atoms with Gasteiger partial charge in [0.2, 0.25) is 0 Å². The molecule has 1 aromatic heterocycles.